The predicted molar refractivity (Wildman–Crippen MR) is 73.5 cm³/mol. The summed E-state index contributed by atoms with van der Waals surface area (Å²) in [6.45, 7) is 9.14. The van der Waals surface area contributed by atoms with Crippen LogP contribution >= 0.6 is 0 Å². The van der Waals surface area contributed by atoms with E-state index in [1.807, 2.05) is 6.07 Å². The predicted octanol–water partition coefficient (Wildman–Crippen LogP) is 1.95. The topological polar surface area (TPSA) is 62.5 Å². The summed E-state index contributed by atoms with van der Waals surface area (Å²) in [7, 11) is 1.76. The van der Waals surface area contributed by atoms with E-state index < -0.39 is 0 Å². The summed E-state index contributed by atoms with van der Waals surface area (Å²) >= 11 is 0. The van der Waals surface area contributed by atoms with E-state index in [1.54, 1.807) is 7.05 Å². The van der Waals surface area contributed by atoms with E-state index in [-0.39, 0.29) is 0 Å². The van der Waals surface area contributed by atoms with Crippen molar-refractivity contribution >= 4 is 5.96 Å². The molecule has 18 heavy (non-hydrogen) atoms. The lowest BCUT2D eigenvalue weighted by atomic mass is 10.1. The molecule has 1 aromatic rings. The number of aromatic nitrogens is 1. The molecule has 0 spiro atoms. The molecule has 0 aromatic carbocycles. The van der Waals surface area contributed by atoms with Crippen molar-refractivity contribution in [3.05, 3.63) is 17.5 Å². The zero-order valence-corrected chi connectivity index (χ0v) is 11.9. The molecule has 0 amide bonds. The van der Waals surface area contributed by atoms with Crippen LogP contribution in [0.15, 0.2) is 15.6 Å². The van der Waals surface area contributed by atoms with Gasteiger partial charge in [-0.3, -0.25) is 4.99 Å². The first-order valence-corrected chi connectivity index (χ1v) is 6.48. The number of aryl methyl sites for hydroxylation is 1. The number of nitrogens with zero attached hydrogens (tertiary/aromatic N) is 2. The number of rotatable bonds is 5. The molecular formula is C13H24N4O. The van der Waals surface area contributed by atoms with Crippen LogP contribution in [-0.4, -0.2) is 24.2 Å². The van der Waals surface area contributed by atoms with Gasteiger partial charge in [0.05, 0.1) is 12.2 Å². The van der Waals surface area contributed by atoms with Crippen LogP contribution in [0.1, 0.15) is 39.1 Å². The number of hydrogen-bond donors (Lipinski definition) is 2. The molecule has 0 bridgehead atoms. The largest absolute Gasteiger partial charge is 0.359 e. The highest BCUT2D eigenvalue weighted by atomic mass is 16.5. The smallest absolute Gasteiger partial charge is 0.191 e. The number of hydrogen-bond acceptors (Lipinski definition) is 3. The molecule has 1 unspecified atom stereocenters. The van der Waals surface area contributed by atoms with Gasteiger partial charge in [0.1, 0.15) is 0 Å². The summed E-state index contributed by atoms with van der Waals surface area (Å²) < 4.78 is 5.21. The average Bonchev–Trinajstić information content (AvgIpc) is 2.81. The fraction of sp³-hybridized carbons (Fsp3) is 0.692. The van der Waals surface area contributed by atoms with Gasteiger partial charge in [0.2, 0.25) is 0 Å². The molecule has 102 valence electrons. The van der Waals surface area contributed by atoms with Gasteiger partial charge in [0.15, 0.2) is 11.7 Å². The van der Waals surface area contributed by atoms with E-state index in [9.17, 15) is 0 Å². The highest BCUT2D eigenvalue weighted by Gasteiger charge is 2.09. The minimum absolute atomic E-state index is 0.372. The van der Waals surface area contributed by atoms with Crippen LogP contribution in [0.4, 0.5) is 0 Å². The summed E-state index contributed by atoms with van der Waals surface area (Å²) in [4.78, 5) is 4.18. The minimum Gasteiger partial charge on any atom is -0.359 e. The average molecular weight is 252 g/mol. The van der Waals surface area contributed by atoms with E-state index >= 15 is 0 Å². The summed E-state index contributed by atoms with van der Waals surface area (Å²) in [5.74, 6) is 2.16. The van der Waals surface area contributed by atoms with Gasteiger partial charge in [-0.1, -0.05) is 25.9 Å². The van der Waals surface area contributed by atoms with E-state index in [0.29, 0.717) is 18.5 Å². The lowest BCUT2D eigenvalue weighted by Gasteiger charge is -2.20. The van der Waals surface area contributed by atoms with Crippen LogP contribution < -0.4 is 10.6 Å². The summed E-state index contributed by atoms with van der Waals surface area (Å²) in [5, 5.41) is 10.5. The van der Waals surface area contributed by atoms with Gasteiger partial charge >= 0.3 is 0 Å². The Balaban J connectivity index is 2.45. The number of nitrogens with one attached hydrogen (secondary N) is 2. The highest BCUT2D eigenvalue weighted by Crippen LogP contribution is 2.04. The third-order valence-corrected chi connectivity index (χ3v) is 2.99. The van der Waals surface area contributed by atoms with E-state index in [1.165, 1.54) is 0 Å². The summed E-state index contributed by atoms with van der Waals surface area (Å²) in [6, 6.07) is 2.34. The van der Waals surface area contributed by atoms with Gasteiger partial charge in [-0.05, 0) is 19.3 Å². The second-order valence-corrected chi connectivity index (χ2v) is 4.74. The molecule has 1 rings (SSSR count). The lowest BCUT2D eigenvalue weighted by Crippen LogP contribution is -2.43. The van der Waals surface area contributed by atoms with Crippen LogP contribution in [0.2, 0.25) is 0 Å². The second-order valence-electron chi connectivity index (χ2n) is 4.74. The maximum Gasteiger partial charge on any atom is 0.191 e. The van der Waals surface area contributed by atoms with Crippen molar-refractivity contribution in [2.24, 2.45) is 10.9 Å². The maximum atomic E-state index is 5.21. The number of aliphatic imine (C=N–C) groups is 1. The SMILES string of the molecule is CCc1cc(CNC(=NC)NC(C)C(C)C)on1. The van der Waals surface area contributed by atoms with Crippen molar-refractivity contribution in [2.75, 3.05) is 7.05 Å². The van der Waals surface area contributed by atoms with Crippen molar-refractivity contribution < 1.29 is 4.52 Å². The van der Waals surface area contributed by atoms with E-state index in [0.717, 1.165) is 23.8 Å². The van der Waals surface area contributed by atoms with Gasteiger partial charge < -0.3 is 15.2 Å². The molecule has 0 aliphatic rings. The number of guanidine groups is 1. The van der Waals surface area contributed by atoms with Gasteiger partial charge in [0.25, 0.3) is 0 Å². The first-order chi connectivity index (χ1) is 8.56. The summed E-state index contributed by atoms with van der Waals surface area (Å²) in [6.07, 6.45) is 0.890. The van der Waals surface area contributed by atoms with Crippen molar-refractivity contribution in [3.63, 3.8) is 0 Å². The van der Waals surface area contributed by atoms with Gasteiger partial charge in [-0.2, -0.15) is 0 Å². The molecule has 5 heteroatoms. The van der Waals surface area contributed by atoms with Crippen molar-refractivity contribution in [1.82, 2.24) is 15.8 Å². The third kappa shape index (κ3) is 4.39. The van der Waals surface area contributed by atoms with Crippen molar-refractivity contribution in [1.29, 1.82) is 0 Å². The summed E-state index contributed by atoms with van der Waals surface area (Å²) in [5.41, 5.74) is 0.977. The molecular weight excluding hydrogens is 228 g/mol. The highest BCUT2D eigenvalue weighted by molar-refractivity contribution is 5.79. The normalized spacial score (nSPS) is 13.8. The molecule has 1 aromatic heterocycles. The molecule has 2 N–H and O–H groups in total. The second kappa shape index (κ2) is 7.03. The molecule has 1 atom stereocenters. The minimum atomic E-state index is 0.372. The maximum absolute atomic E-state index is 5.21. The Morgan fingerprint density at radius 1 is 1.44 bits per heavy atom. The van der Waals surface area contributed by atoms with Crippen LogP contribution in [0.25, 0.3) is 0 Å². The van der Waals surface area contributed by atoms with Gasteiger partial charge in [-0.25, -0.2) is 0 Å². The van der Waals surface area contributed by atoms with Crippen LogP contribution in [0, 0.1) is 5.92 Å². The van der Waals surface area contributed by atoms with Crippen LogP contribution in [0.3, 0.4) is 0 Å². The van der Waals surface area contributed by atoms with Gasteiger partial charge in [0, 0.05) is 19.2 Å². The first-order valence-electron chi connectivity index (χ1n) is 6.48. The molecule has 0 aliphatic heterocycles. The Morgan fingerprint density at radius 3 is 2.67 bits per heavy atom. The molecule has 1 heterocycles. The Hall–Kier alpha value is -1.52. The van der Waals surface area contributed by atoms with Gasteiger partial charge in [-0.15, -0.1) is 0 Å². The molecule has 0 radical (unpaired) electrons. The monoisotopic (exact) mass is 252 g/mol. The van der Waals surface area contributed by atoms with Crippen LogP contribution in [-0.2, 0) is 13.0 Å². The zero-order valence-electron chi connectivity index (χ0n) is 11.9. The molecule has 0 saturated carbocycles. The quantitative estimate of drug-likeness (QED) is 0.621. The Morgan fingerprint density at radius 2 is 2.17 bits per heavy atom. The first kappa shape index (κ1) is 14.5. The van der Waals surface area contributed by atoms with E-state index in [2.05, 4.69) is 48.5 Å². The molecule has 0 fully saturated rings. The fourth-order valence-electron chi connectivity index (χ4n) is 1.35. The Kier molecular flexibility index (Phi) is 5.68. The molecule has 0 aliphatic carbocycles. The lowest BCUT2D eigenvalue weighted by molar-refractivity contribution is 0.374. The Labute approximate surface area is 109 Å². The molecule has 0 saturated heterocycles. The van der Waals surface area contributed by atoms with Crippen molar-refractivity contribution in [3.8, 4) is 0 Å². The standard InChI is InChI=1S/C13H24N4O/c1-6-11-7-12(18-17-11)8-15-13(14-5)16-10(4)9(2)3/h7,9-10H,6,8H2,1-5H3,(H2,14,15,16). The zero-order chi connectivity index (χ0) is 13.5. The Bertz CT molecular complexity index is 384. The van der Waals surface area contributed by atoms with Crippen molar-refractivity contribution in [2.45, 2.75) is 46.7 Å². The third-order valence-electron chi connectivity index (χ3n) is 2.99. The van der Waals surface area contributed by atoms with E-state index in [4.69, 9.17) is 4.52 Å². The molecule has 5 nitrogen and oxygen atoms in total. The fourth-order valence-corrected chi connectivity index (χ4v) is 1.35. The van der Waals surface area contributed by atoms with Crippen LogP contribution in [0.5, 0.6) is 0 Å².